The third-order valence-electron chi connectivity index (χ3n) is 5.70. The van der Waals surface area contributed by atoms with Crippen molar-refractivity contribution in [1.82, 2.24) is 4.90 Å². The molecule has 2 aromatic carbocycles. The molecule has 2 aromatic rings. The normalized spacial score (nSPS) is 19.4. The van der Waals surface area contributed by atoms with E-state index < -0.39 is 11.7 Å². The number of halogens is 1. The topological polar surface area (TPSA) is 40.6 Å². The molecule has 0 aliphatic carbocycles. The lowest BCUT2D eigenvalue weighted by Crippen LogP contribution is -2.42. The maximum atomic E-state index is 13.9. The van der Waals surface area contributed by atoms with Gasteiger partial charge in [0.1, 0.15) is 5.82 Å². The first-order valence-electron chi connectivity index (χ1n) is 9.74. The molecule has 0 unspecified atom stereocenters. The molecule has 0 spiro atoms. The minimum atomic E-state index is -0.426. The van der Waals surface area contributed by atoms with Crippen LogP contribution in [0.4, 0.5) is 14.9 Å². The summed E-state index contributed by atoms with van der Waals surface area (Å²) >= 11 is 0.891. The third kappa shape index (κ3) is 3.56. The van der Waals surface area contributed by atoms with E-state index in [4.69, 9.17) is 0 Å². The van der Waals surface area contributed by atoms with Crippen LogP contribution in [0.2, 0.25) is 0 Å². The number of hydrogen-bond donors (Lipinski definition) is 0. The van der Waals surface area contributed by atoms with Crippen molar-refractivity contribution in [3.63, 3.8) is 0 Å². The Morgan fingerprint density at radius 3 is 2.60 bits per heavy atom. The zero-order valence-corrected chi connectivity index (χ0v) is 18.2. The van der Waals surface area contributed by atoms with Crippen molar-refractivity contribution in [3.8, 4) is 0 Å². The standard InChI is InChI=1S/C24H23FN2O2S/c1-15-13-24(2,3)26(4)20-10-9-16(11-18(15)20)12-21-22(28)27(23(29)30-21)14-17-7-5-6-8-19(17)25/h5-13H,14H2,1-4H3/b21-12+. The molecule has 2 aliphatic rings. The number of thioether (sulfide) groups is 1. The summed E-state index contributed by atoms with van der Waals surface area (Å²) in [5.41, 5.74) is 4.51. The lowest BCUT2D eigenvalue weighted by molar-refractivity contribution is -0.123. The van der Waals surface area contributed by atoms with Crippen LogP contribution in [0.15, 0.2) is 53.4 Å². The van der Waals surface area contributed by atoms with Crippen LogP contribution in [-0.4, -0.2) is 28.6 Å². The molecular weight excluding hydrogens is 399 g/mol. The van der Waals surface area contributed by atoms with Crippen LogP contribution in [0.5, 0.6) is 0 Å². The van der Waals surface area contributed by atoms with Gasteiger partial charge in [0.15, 0.2) is 0 Å². The van der Waals surface area contributed by atoms with Gasteiger partial charge in [0.25, 0.3) is 11.1 Å². The third-order valence-corrected chi connectivity index (χ3v) is 6.61. The minimum absolute atomic E-state index is 0.0689. The molecule has 4 nitrogen and oxygen atoms in total. The van der Waals surface area contributed by atoms with E-state index in [1.807, 2.05) is 18.2 Å². The number of anilines is 1. The zero-order valence-electron chi connectivity index (χ0n) is 17.4. The molecule has 2 aliphatic heterocycles. The van der Waals surface area contributed by atoms with Gasteiger partial charge in [-0.15, -0.1) is 0 Å². The Hall–Kier alpha value is -2.86. The number of hydrogen-bond acceptors (Lipinski definition) is 4. The highest BCUT2D eigenvalue weighted by Crippen LogP contribution is 2.39. The molecule has 0 N–H and O–H groups in total. The van der Waals surface area contributed by atoms with Gasteiger partial charge in [0.05, 0.1) is 17.0 Å². The van der Waals surface area contributed by atoms with Crippen LogP contribution in [0.1, 0.15) is 37.5 Å². The average molecular weight is 423 g/mol. The molecule has 30 heavy (non-hydrogen) atoms. The Balaban J connectivity index is 1.62. The summed E-state index contributed by atoms with van der Waals surface area (Å²) in [6, 6.07) is 12.2. The number of rotatable bonds is 3. The summed E-state index contributed by atoms with van der Waals surface area (Å²) in [5.74, 6) is -0.819. The van der Waals surface area contributed by atoms with Gasteiger partial charge in [0, 0.05) is 23.9 Å². The van der Waals surface area contributed by atoms with Crippen molar-refractivity contribution in [2.24, 2.45) is 0 Å². The van der Waals surface area contributed by atoms with Crippen molar-refractivity contribution >= 4 is 40.2 Å². The molecule has 0 atom stereocenters. The number of benzene rings is 2. The summed E-state index contributed by atoms with van der Waals surface area (Å²) in [4.78, 5) is 28.9. The van der Waals surface area contributed by atoms with E-state index in [1.165, 1.54) is 11.6 Å². The quantitative estimate of drug-likeness (QED) is 0.596. The number of fused-ring (bicyclic) bond motifs is 1. The molecule has 0 aromatic heterocycles. The van der Waals surface area contributed by atoms with E-state index in [1.54, 1.807) is 24.3 Å². The van der Waals surface area contributed by atoms with E-state index in [0.717, 1.165) is 33.5 Å². The largest absolute Gasteiger partial charge is 0.366 e. The van der Waals surface area contributed by atoms with Crippen molar-refractivity contribution in [1.29, 1.82) is 0 Å². The van der Waals surface area contributed by atoms with E-state index in [-0.39, 0.29) is 17.3 Å². The van der Waals surface area contributed by atoms with Crippen LogP contribution in [0.3, 0.4) is 0 Å². The maximum Gasteiger partial charge on any atom is 0.293 e. The highest BCUT2D eigenvalue weighted by Gasteiger charge is 2.35. The van der Waals surface area contributed by atoms with Crippen LogP contribution >= 0.6 is 11.8 Å². The van der Waals surface area contributed by atoms with Crippen molar-refractivity contribution in [3.05, 3.63) is 76.0 Å². The fourth-order valence-electron chi connectivity index (χ4n) is 3.85. The first kappa shape index (κ1) is 20.4. The van der Waals surface area contributed by atoms with Crippen molar-refractivity contribution in [2.45, 2.75) is 32.9 Å². The lowest BCUT2D eigenvalue weighted by Gasteiger charge is -2.40. The highest BCUT2D eigenvalue weighted by atomic mass is 32.2. The molecule has 0 bridgehead atoms. The fraction of sp³-hybridized carbons (Fsp3) is 0.250. The van der Waals surface area contributed by atoms with Crippen molar-refractivity contribution < 1.29 is 14.0 Å². The van der Waals surface area contributed by atoms with E-state index >= 15 is 0 Å². The number of amides is 2. The Morgan fingerprint density at radius 2 is 1.87 bits per heavy atom. The van der Waals surface area contributed by atoms with Crippen molar-refractivity contribution in [2.75, 3.05) is 11.9 Å². The smallest absolute Gasteiger partial charge is 0.293 e. The van der Waals surface area contributed by atoms with E-state index in [0.29, 0.717) is 10.5 Å². The number of nitrogens with zero attached hydrogens (tertiary/aromatic N) is 2. The minimum Gasteiger partial charge on any atom is -0.366 e. The zero-order chi connectivity index (χ0) is 21.6. The Labute approximate surface area is 180 Å². The van der Waals surface area contributed by atoms with Crippen LogP contribution in [0, 0.1) is 5.82 Å². The summed E-state index contributed by atoms with van der Waals surface area (Å²) < 4.78 is 13.9. The molecule has 2 heterocycles. The molecule has 4 rings (SSSR count). The molecule has 1 fully saturated rings. The SMILES string of the molecule is CC1=CC(C)(C)N(C)c2ccc(/C=C3/SC(=O)N(Cc4ccccc4F)C3=O)cc21. The Bertz CT molecular complexity index is 1120. The predicted octanol–water partition coefficient (Wildman–Crippen LogP) is 5.69. The Kier molecular flexibility index (Phi) is 5.06. The number of imide groups is 1. The highest BCUT2D eigenvalue weighted by molar-refractivity contribution is 8.18. The predicted molar refractivity (Wildman–Crippen MR) is 120 cm³/mol. The van der Waals surface area contributed by atoms with Crippen LogP contribution in [-0.2, 0) is 11.3 Å². The molecule has 6 heteroatoms. The van der Waals surface area contributed by atoms with E-state index in [2.05, 4.69) is 38.8 Å². The number of likely N-dealkylation sites (N-methyl/N-ethyl adjacent to an activating group) is 1. The van der Waals surface area contributed by atoms with Gasteiger partial charge in [-0.2, -0.15) is 0 Å². The first-order valence-corrected chi connectivity index (χ1v) is 10.6. The van der Waals surface area contributed by atoms with Crippen LogP contribution in [0.25, 0.3) is 11.6 Å². The maximum absolute atomic E-state index is 13.9. The van der Waals surface area contributed by atoms with Gasteiger partial charge in [-0.25, -0.2) is 4.39 Å². The summed E-state index contributed by atoms with van der Waals surface area (Å²) in [6.45, 7) is 6.35. The molecule has 0 radical (unpaired) electrons. The van der Waals surface area contributed by atoms with Gasteiger partial charge in [-0.1, -0.05) is 30.3 Å². The molecule has 1 saturated heterocycles. The van der Waals surface area contributed by atoms with E-state index in [9.17, 15) is 14.0 Å². The average Bonchev–Trinajstić information content (AvgIpc) is 2.95. The van der Waals surface area contributed by atoms with Gasteiger partial charge >= 0.3 is 0 Å². The van der Waals surface area contributed by atoms with Gasteiger partial charge in [0.2, 0.25) is 0 Å². The molecular formula is C24H23FN2O2S. The second-order valence-corrected chi connectivity index (χ2v) is 9.17. The number of carbonyl (C=O) groups is 2. The fourth-order valence-corrected chi connectivity index (χ4v) is 4.69. The molecule has 0 saturated carbocycles. The van der Waals surface area contributed by atoms with Gasteiger partial charge in [-0.05, 0) is 67.9 Å². The number of carbonyl (C=O) groups excluding carboxylic acids is 2. The summed E-state index contributed by atoms with van der Waals surface area (Å²) in [5, 5.41) is -0.384. The Morgan fingerprint density at radius 1 is 1.13 bits per heavy atom. The summed E-state index contributed by atoms with van der Waals surface area (Å²) in [7, 11) is 2.06. The molecule has 154 valence electrons. The van der Waals surface area contributed by atoms with Gasteiger partial charge in [-0.3, -0.25) is 14.5 Å². The monoisotopic (exact) mass is 422 g/mol. The molecule has 2 amide bonds. The second-order valence-electron chi connectivity index (χ2n) is 8.18. The second kappa shape index (κ2) is 7.43. The van der Waals surface area contributed by atoms with Gasteiger partial charge < -0.3 is 4.90 Å². The first-order chi connectivity index (χ1) is 14.2. The number of allylic oxidation sites excluding steroid dienone is 1. The lowest BCUT2D eigenvalue weighted by atomic mass is 9.88. The summed E-state index contributed by atoms with van der Waals surface area (Å²) in [6.07, 6.45) is 3.96. The van der Waals surface area contributed by atoms with Crippen LogP contribution < -0.4 is 4.90 Å².